The van der Waals surface area contributed by atoms with E-state index >= 15 is 0 Å². The van der Waals surface area contributed by atoms with Crippen LogP contribution in [0.3, 0.4) is 0 Å². The number of carbonyl (C=O) groups excluding carboxylic acids is 1. The van der Waals surface area contributed by atoms with E-state index in [1.54, 1.807) is 28.4 Å². The lowest BCUT2D eigenvalue weighted by Crippen LogP contribution is -2.51. The van der Waals surface area contributed by atoms with Gasteiger partial charge in [0.25, 0.3) is 0 Å². The molecule has 1 aliphatic heterocycles. The first-order chi connectivity index (χ1) is 17.1. The van der Waals surface area contributed by atoms with Crippen LogP contribution in [0.2, 0.25) is 0 Å². The van der Waals surface area contributed by atoms with Crippen LogP contribution in [0.15, 0.2) is 79.3 Å². The van der Waals surface area contributed by atoms with Crippen molar-refractivity contribution < 1.29 is 15.0 Å². The third-order valence-electron chi connectivity index (χ3n) is 7.04. The number of nitrogens with zero attached hydrogens (tertiary/aromatic N) is 3. The zero-order valence-corrected chi connectivity index (χ0v) is 19.6. The van der Waals surface area contributed by atoms with Gasteiger partial charge in [-0.05, 0) is 48.8 Å². The molecule has 2 heterocycles. The number of rotatable bonds is 8. The molecule has 182 valence electrons. The average Bonchev–Trinajstić information content (AvgIpc) is 3.57. The fourth-order valence-electron chi connectivity index (χ4n) is 4.88. The SMILES string of the molecule is O=C1N(/C=C/c2cn[nH]c2)[C@H](Cc2ccccc2)[C@H](O)[C@@H](O)[C@@H](Cc2ccccc2)N1CC1CC1. The summed E-state index contributed by atoms with van der Waals surface area (Å²) in [6.45, 7) is 0.578. The van der Waals surface area contributed by atoms with Gasteiger partial charge in [-0.3, -0.25) is 10.00 Å². The summed E-state index contributed by atoms with van der Waals surface area (Å²) in [7, 11) is 0. The van der Waals surface area contributed by atoms with Gasteiger partial charge in [-0.2, -0.15) is 5.10 Å². The van der Waals surface area contributed by atoms with E-state index in [-0.39, 0.29) is 6.03 Å². The molecular formula is C28H32N4O3. The highest BCUT2D eigenvalue weighted by Crippen LogP contribution is 2.34. The maximum absolute atomic E-state index is 14.1. The molecule has 2 aromatic carbocycles. The van der Waals surface area contributed by atoms with Crippen molar-refractivity contribution in [1.82, 2.24) is 20.0 Å². The summed E-state index contributed by atoms with van der Waals surface area (Å²) in [4.78, 5) is 17.5. The summed E-state index contributed by atoms with van der Waals surface area (Å²) in [5.41, 5.74) is 2.85. The van der Waals surface area contributed by atoms with Crippen molar-refractivity contribution in [3.8, 4) is 0 Å². The number of hydrogen-bond donors (Lipinski definition) is 3. The van der Waals surface area contributed by atoms with Gasteiger partial charge in [-0.25, -0.2) is 4.79 Å². The number of benzene rings is 2. The predicted octanol–water partition coefficient (Wildman–Crippen LogP) is 3.47. The fraction of sp³-hybridized carbons (Fsp3) is 0.357. The van der Waals surface area contributed by atoms with E-state index in [0.717, 1.165) is 29.5 Å². The minimum Gasteiger partial charge on any atom is -0.388 e. The third-order valence-corrected chi connectivity index (χ3v) is 7.04. The average molecular weight is 473 g/mol. The molecule has 0 bridgehead atoms. The van der Waals surface area contributed by atoms with Crippen LogP contribution in [0.25, 0.3) is 6.08 Å². The topological polar surface area (TPSA) is 92.7 Å². The van der Waals surface area contributed by atoms with Crippen LogP contribution in [0.5, 0.6) is 0 Å². The minimum atomic E-state index is -1.12. The van der Waals surface area contributed by atoms with E-state index in [1.165, 1.54) is 0 Å². The molecule has 35 heavy (non-hydrogen) atoms. The quantitative estimate of drug-likeness (QED) is 0.468. The lowest BCUT2D eigenvalue weighted by molar-refractivity contribution is -0.0365. The smallest absolute Gasteiger partial charge is 0.324 e. The Kier molecular flexibility index (Phi) is 6.97. The number of amides is 2. The highest BCUT2D eigenvalue weighted by Gasteiger charge is 2.46. The van der Waals surface area contributed by atoms with Crippen LogP contribution in [-0.4, -0.2) is 67.1 Å². The summed E-state index contributed by atoms with van der Waals surface area (Å²) in [6.07, 6.45) is 7.83. The van der Waals surface area contributed by atoms with Gasteiger partial charge in [-0.15, -0.1) is 0 Å². The van der Waals surface area contributed by atoms with Gasteiger partial charge in [0.2, 0.25) is 0 Å². The third kappa shape index (κ3) is 5.47. The molecule has 7 nitrogen and oxygen atoms in total. The predicted molar refractivity (Wildman–Crippen MR) is 134 cm³/mol. The molecule has 5 rings (SSSR count). The Morgan fingerprint density at radius 1 is 0.914 bits per heavy atom. The molecule has 3 aromatic rings. The van der Waals surface area contributed by atoms with Crippen molar-refractivity contribution in [2.24, 2.45) is 5.92 Å². The summed E-state index contributed by atoms with van der Waals surface area (Å²) in [5.74, 6) is 0.437. The molecule has 1 aromatic heterocycles. The Labute approximate surface area is 205 Å². The standard InChI is InChI=1S/C28H32N4O3/c33-26-24(15-20-7-3-1-4-8-20)31(14-13-23-17-29-30-18-23)28(35)32(19-22-11-12-22)25(27(26)34)16-21-9-5-2-6-10-21/h1-10,13-14,17-18,22,24-27,33-34H,11-12,15-16,19H2,(H,29,30)/b14-13+/t24-,25-,26+,27+/m1/s1. The first-order valence-electron chi connectivity index (χ1n) is 12.3. The van der Waals surface area contributed by atoms with Gasteiger partial charge in [0.1, 0.15) is 12.2 Å². The Bertz CT molecular complexity index is 1120. The zero-order valence-electron chi connectivity index (χ0n) is 19.6. The van der Waals surface area contributed by atoms with Crippen molar-refractivity contribution in [1.29, 1.82) is 0 Å². The number of carbonyl (C=O) groups is 1. The lowest BCUT2D eigenvalue weighted by Gasteiger charge is -2.34. The second kappa shape index (κ2) is 10.5. The second-order valence-corrected chi connectivity index (χ2v) is 9.63. The van der Waals surface area contributed by atoms with E-state index < -0.39 is 24.3 Å². The first kappa shape index (κ1) is 23.3. The largest absolute Gasteiger partial charge is 0.388 e. The monoisotopic (exact) mass is 472 g/mol. The Hall–Kier alpha value is -3.42. The van der Waals surface area contributed by atoms with Crippen molar-refractivity contribution in [2.45, 2.75) is 50.0 Å². The number of aromatic nitrogens is 2. The molecule has 7 heteroatoms. The van der Waals surface area contributed by atoms with Crippen LogP contribution in [0.4, 0.5) is 4.79 Å². The van der Waals surface area contributed by atoms with Crippen LogP contribution < -0.4 is 0 Å². The number of H-pyrrole nitrogens is 1. The zero-order chi connectivity index (χ0) is 24.2. The van der Waals surface area contributed by atoms with Crippen molar-refractivity contribution in [2.75, 3.05) is 6.54 Å². The van der Waals surface area contributed by atoms with Crippen molar-refractivity contribution in [3.63, 3.8) is 0 Å². The van der Waals surface area contributed by atoms with Gasteiger partial charge in [0.15, 0.2) is 0 Å². The normalized spacial score (nSPS) is 25.3. The molecule has 4 atom stereocenters. The Morgan fingerprint density at radius 3 is 2.09 bits per heavy atom. The molecular weight excluding hydrogens is 440 g/mol. The maximum atomic E-state index is 14.1. The summed E-state index contributed by atoms with van der Waals surface area (Å²) in [5, 5.41) is 29.8. The number of aliphatic hydroxyl groups excluding tert-OH is 2. The number of nitrogens with one attached hydrogen (secondary N) is 1. The molecule has 1 saturated heterocycles. The van der Waals surface area contributed by atoms with E-state index in [4.69, 9.17) is 0 Å². The van der Waals surface area contributed by atoms with Gasteiger partial charge in [0, 0.05) is 24.5 Å². The van der Waals surface area contributed by atoms with Gasteiger partial charge >= 0.3 is 6.03 Å². The minimum absolute atomic E-state index is 0.186. The summed E-state index contributed by atoms with van der Waals surface area (Å²) in [6, 6.07) is 18.3. The number of aromatic amines is 1. The summed E-state index contributed by atoms with van der Waals surface area (Å²) >= 11 is 0. The van der Waals surface area contributed by atoms with Crippen LogP contribution in [0.1, 0.15) is 29.5 Å². The lowest BCUT2D eigenvalue weighted by atomic mass is 9.91. The highest BCUT2D eigenvalue weighted by atomic mass is 16.3. The number of urea groups is 1. The Balaban J connectivity index is 1.53. The van der Waals surface area contributed by atoms with Gasteiger partial charge < -0.3 is 15.1 Å². The van der Waals surface area contributed by atoms with E-state index in [1.807, 2.05) is 66.7 Å². The Morgan fingerprint density at radius 2 is 1.51 bits per heavy atom. The number of aliphatic hydroxyl groups is 2. The molecule has 0 spiro atoms. The summed E-state index contributed by atoms with van der Waals surface area (Å²) < 4.78 is 0. The molecule has 0 unspecified atom stereocenters. The molecule has 0 radical (unpaired) electrons. The van der Waals surface area contributed by atoms with Gasteiger partial charge in [0.05, 0.1) is 18.3 Å². The van der Waals surface area contributed by atoms with Gasteiger partial charge in [-0.1, -0.05) is 60.7 Å². The van der Waals surface area contributed by atoms with E-state index in [0.29, 0.717) is 25.3 Å². The highest BCUT2D eigenvalue weighted by molar-refractivity contribution is 5.78. The molecule has 2 fully saturated rings. The van der Waals surface area contributed by atoms with Crippen LogP contribution >= 0.6 is 0 Å². The first-order valence-corrected chi connectivity index (χ1v) is 12.3. The molecule has 1 aliphatic carbocycles. The molecule has 2 aliphatic rings. The molecule has 2 amide bonds. The second-order valence-electron chi connectivity index (χ2n) is 9.63. The maximum Gasteiger partial charge on any atom is 0.324 e. The fourth-order valence-corrected chi connectivity index (χ4v) is 4.88. The van der Waals surface area contributed by atoms with E-state index in [2.05, 4.69) is 10.2 Å². The molecule has 1 saturated carbocycles. The van der Waals surface area contributed by atoms with Crippen LogP contribution in [-0.2, 0) is 12.8 Å². The van der Waals surface area contributed by atoms with Crippen molar-refractivity contribution in [3.05, 3.63) is 95.9 Å². The molecule has 3 N–H and O–H groups in total. The van der Waals surface area contributed by atoms with Crippen LogP contribution in [0, 0.1) is 5.92 Å². The van der Waals surface area contributed by atoms with E-state index in [9.17, 15) is 15.0 Å². The number of hydrogen-bond acceptors (Lipinski definition) is 4. The van der Waals surface area contributed by atoms with Crippen molar-refractivity contribution >= 4 is 12.1 Å².